The van der Waals surface area contributed by atoms with Crippen molar-refractivity contribution in [2.75, 3.05) is 0 Å². The second kappa shape index (κ2) is 2.89. The number of nitriles is 1. The van der Waals surface area contributed by atoms with Gasteiger partial charge in [0, 0.05) is 5.41 Å². The molecule has 0 radical (unpaired) electrons. The average molecular weight is 165 g/mol. The van der Waals surface area contributed by atoms with E-state index in [1.54, 1.807) is 0 Å². The minimum Gasteiger partial charge on any atom is -0.196 e. The number of aromatic nitrogens is 4. The van der Waals surface area contributed by atoms with E-state index in [0.29, 0.717) is 5.82 Å². The summed E-state index contributed by atoms with van der Waals surface area (Å²) in [4.78, 5) is 1.29. The number of tetrazole rings is 1. The lowest BCUT2D eigenvalue weighted by Gasteiger charge is -2.10. The third kappa shape index (κ3) is 1.78. The van der Waals surface area contributed by atoms with Crippen molar-refractivity contribution in [3.8, 4) is 6.07 Å². The van der Waals surface area contributed by atoms with Gasteiger partial charge in [0.15, 0.2) is 5.82 Å². The highest BCUT2D eigenvalue weighted by Crippen LogP contribution is 2.15. The summed E-state index contributed by atoms with van der Waals surface area (Å²) >= 11 is 0. The SMILES string of the molecule is CC(C)(C)c1nnn(CC#N)n1. The highest BCUT2D eigenvalue weighted by atomic mass is 15.6. The van der Waals surface area contributed by atoms with Crippen LogP contribution in [0.25, 0.3) is 0 Å². The first-order valence-corrected chi connectivity index (χ1v) is 3.69. The predicted octanol–water partition coefficient (Wildman–Crippen LogP) is 0.494. The maximum Gasteiger partial charge on any atom is 0.180 e. The predicted molar refractivity (Wildman–Crippen MR) is 42.1 cm³/mol. The molecule has 1 aromatic rings. The first kappa shape index (κ1) is 8.65. The molecule has 0 aliphatic heterocycles. The molecule has 5 heteroatoms. The highest BCUT2D eigenvalue weighted by molar-refractivity contribution is 4.96. The molecule has 0 N–H and O–H groups in total. The van der Waals surface area contributed by atoms with Gasteiger partial charge in [-0.1, -0.05) is 20.8 Å². The Bertz CT molecular complexity index is 300. The molecule has 1 aromatic heterocycles. The summed E-state index contributed by atoms with van der Waals surface area (Å²) in [5.41, 5.74) is -0.103. The fourth-order valence-electron chi connectivity index (χ4n) is 0.674. The van der Waals surface area contributed by atoms with Crippen LogP contribution in [-0.2, 0) is 12.0 Å². The summed E-state index contributed by atoms with van der Waals surface area (Å²) in [5.74, 6) is 0.665. The maximum atomic E-state index is 8.35. The van der Waals surface area contributed by atoms with Crippen molar-refractivity contribution in [2.24, 2.45) is 0 Å². The highest BCUT2D eigenvalue weighted by Gasteiger charge is 2.19. The van der Waals surface area contributed by atoms with Gasteiger partial charge in [0.05, 0.1) is 6.07 Å². The molecule has 0 spiro atoms. The van der Waals surface area contributed by atoms with E-state index in [-0.39, 0.29) is 12.0 Å². The molecule has 0 amide bonds. The molecule has 1 heterocycles. The van der Waals surface area contributed by atoms with Crippen LogP contribution in [0.5, 0.6) is 0 Å². The Morgan fingerprint density at radius 2 is 2.17 bits per heavy atom. The minimum absolute atomic E-state index is 0.103. The zero-order valence-corrected chi connectivity index (χ0v) is 7.44. The number of hydrogen-bond acceptors (Lipinski definition) is 4. The molecule has 64 valence electrons. The molecule has 0 saturated heterocycles. The first-order valence-electron chi connectivity index (χ1n) is 3.69. The van der Waals surface area contributed by atoms with Gasteiger partial charge in [-0.25, -0.2) is 0 Å². The monoisotopic (exact) mass is 165 g/mol. The zero-order valence-electron chi connectivity index (χ0n) is 7.44. The van der Waals surface area contributed by atoms with Crippen LogP contribution in [0.4, 0.5) is 0 Å². The number of nitrogens with zero attached hydrogens (tertiary/aromatic N) is 5. The van der Waals surface area contributed by atoms with Gasteiger partial charge in [-0.3, -0.25) is 0 Å². The summed E-state index contributed by atoms with van der Waals surface area (Å²) in [6.45, 7) is 6.16. The largest absolute Gasteiger partial charge is 0.196 e. The Balaban J connectivity index is 2.86. The molecule has 12 heavy (non-hydrogen) atoms. The van der Waals surface area contributed by atoms with Gasteiger partial charge in [-0.2, -0.15) is 5.26 Å². The lowest BCUT2D eigenvalue weighted by atomic mass is 9.96. The van der Waals surface area contributed by atoms with E-state index in [2.05, 4.69) is 15.4 Å². The lowest BCUT2D eigenvalue weighted by Crippen LogP contribution is -2.14. The van der Waals surface area contributed by atoms with Crippen LogP contribution < -0.4 is 0 Å². The second-order valence-electron chi connectivity index (χ2n) is 3.55. The molecule has 0 aliphatic carbocycles. The van der Waals surface area contributed by atoms with E-state index in [0.717, 1.165) is 0 Å². The maximum absolute atomic E-state index is 8.35. The van der Waals surface area contributed by atoms with Gasteiger partial charge in [0.2, 0.25) is 0 Å². The Morgan fingerprint density at radius 3 is 2.58 bits per heavy atom. The lowest BCUT2D eigenvalue weighted by molar-refractivity contribution is 0.532. The summed E-state index contributed by atoms with van der Waals surface area (Å²) in [6.07, 6.45) is 0. The van der Waals surface area contributed by atoms with Crippen molar-refractivity contribution in [3.63, 3.8) is 0 Å². The Morgan fingerprint density at radius 1 is 1.50 bits per heavy atom. The van der Waals surface area contributed by atoms with Gasteiger partial charge in [-0.15, -0.1) is 15.0 Å². The van der Waals surface area contributed by atoms with Crippen molar-refractivity contribution >= 4 is 0 Å². The molecule has 0 saturated carbocycles. The molecule has 5 nitrogen and oxygen atoms in total. The van der Waals surface area contributed by atoms with Crippen molar-refractivity contribution in [2.45, 2.75) is 32.7 Å². The van der Waals surface area contributed by atoms with Crippen LogP contribution in [0.15, 0.2) is 0 Å². The molecule has 0 fully saturated rings. The molecular weight excluding hydrogens is 154 g/mol. The third-order valence-electron chi connectivity index (χ3n) is 1.34. The van der Waals surface area contributed by atoms with Gasteiger partial charge in [-0.05, 0) is 5.21 Å². The van der Waals surface area contributed by atoms with Crippen molar-refractivity contribution in [3.05, 3.63) is 5.82 Å². The summed E-state index contributed by atoms with van der Waals surface area (Å²) in [7, 11) is 0. The third-order valence-corrected chi connectivity index (χ3v) is 1.34. The number of hydrogen-bond donors (Lipinski definition) is 0. The Hall–Kier alpha value is -1.44. The summed E-state index contributed by atoms with van der Waals surface area (Å²) in [6, 6.07) is 1.95. The van der Waals surface area contributed by atoms with Gasteiger partial charge < -0.3 is 0 Å². The van der Waals surface area contributed by atoms with Crippen LogP contribution in [0, 0.1) is 11.3 Å². The smallest absolute Gasteiger partial charge is 0.180 e. The molecule has 0 atom stereocenters. The fraction of sp³-hybridized carbons (Fsp3) is 0.714. The fourth-order valence-corrected chi connectivity index (χ4v) is 0.674. The summed E-state index contributed by atoms with van der Waals surface area (Å²) in [5, 5.41) is 20.0. The second-order valence-corrected chi connectivity index (χ2v) is 3.55. The van der Waals surface area contributed by atoms with E-state index < -0.39 is 0 Å². The Labute approximate surface area is 71.0 Å². The van der Waals surface area contributed by atoms with Gasteiger partial charge in [0.1, 0.15) is 6.54 Å². The van der Waals surface area contributed by atoms with Crippen LogP contribution in [0.2, 0.25) is 0 Å². The normalized spacial score (nSPS) is 11.2. The van der Waals surface area contributed by atoms with Gasteiger partial charge >= 0.3 is 0 Å². The van der Waals surface area contributed by atoms with Crippen LogP contribution >= 0.6 is 0 Å². The molecule has 0 unspecified atom stereocenters. The van der Waals surface area contributed by atoms with E-state index in [1.165, 1.54) is 4.80 Å². The van der Waals surface area contributed by atoms with Crippen molar-refractivity contribution in [1.29, 1.82) is 5.26 Å². The van der Waals surface area contributed by atoms with E-state index in [4.69, 9.17) is 5.26 Å². The molecule has 0 aliphatic rings. The first-order chi connectivity index (χ1) is 5.54. The van der Waals surface area contributed by atoms with Gasteiger partial charge in [0.25, 0.3) is 0 Å². The average Bonchev–Trinajstić information content (AvgIpc) is 2.35. The minimum atomic E-state index is -0.103. The van der Waals surface area contributed by atoms with E-state index in [1.807, 2.05) is 26.8 Å². The Kier molecular flexibility index (Phi) is 2.09. The molecule has 1 rings (SSSR count). The van der Waals surface area contributed by atoms with Crippen LogP contribution in [-0.4, -0.2) is 20.2 Å². The van der Waals surface area contributed by atoms with Crippen molar-refractivity contribution < 1.29 is 0 Å². The van der Waals surface area contributed by atoms with Crippen molar-refractivity contribution in [1.82, 2.24) is 20.2 Å². The number of rotatable bonds is 1. The zero-order chi connectivity index (χ0) is 9.19. The summed E-state index contributed by atoms with van der Waals surface area (Å²) < 4.78 is 0. The molecule has 0 aromatic carbocycles. The van der Waals surface area contributed by atoms with E-state index >= 15 is 0 Å². The standard InChI is InChI=1S/C7H11N5/c1-7(2,3)6-9-11-12(10-6)5-4-8/h5H2,1-3H3. The molecule has 0 bridgehead atoms. The topological polar surface area (TPSA) is 67.4 Å². The molecular formula is C7H11N5. The quantitative estimate of drug-likeness (QED) is 0.607. The van der Waals surface area contributed by atoms with Crippen LogP contribution in [0.1, 0.15) is 26.6 Å². The van der Waals surface area contributed by atoms with Crippen LogP contribution in [0.3, 0.4) is 0 Å². The van der Waals surface area contributed by atoms with E-state index in [9.17, 15) is 0 Å².